The van der Waals surface area contributed by atoms with Crippen LogP contribution in [0.2, 0.25) is 5.02 Å². The number of rotatable bonds is 7. The van der Waals surface area contributed by atoms with E-state index in [1.165, 1.54) is 34.8 Å². The first-order valence-corrected chi connectivity index (χ1v) is 11.0. The third-order valence-electron chi connectivity index (χ3n) is 4.40. The summed E-state index contributed by atoms with van der Waals surface area (Å²) in [6.07, 6.45) is 2.96. The summed E-state index contributed by atoms with van der Waals surface area (Å²) in [5.41, 5.74) is 0.391. The number of nitrogens with zero attached hydrogens (tertiary/aromatic N) is 3. The summed E-state index contributed by atoms with van der Waals surface area (Å²) < 4.78 is 15.3. The van der Waals surface area contributed by atoms with Crippen LogP contribution in [0.4, 0.5) is 10.1 Å². The molecule has 1 aromatic carbocycles. The lowest BCUT2D eigenvalue weighted by Gasteiger charge is -2.14. The molecule has 9 heteroatoms. The van der Waals surface area contributed by atoms with Crippen LogP contribution >= 0.6 is 34.7 Å². The van der Waals surface area contributed by atoms with Crippen molar-refractivity contribution in [1.29, 1.82) is 0 Å². The molecule has 0 saturated heterocycles. The van der Waals surface area contributed by atoms with Crippen molar-refractivity contribution in [2.45, 2.75) is 42.6 Å². The minimum Gasteiger partial charge on any atom is -0.324 e. The Kier molecular flexibility index (Phi) is 5.70. The van der Waals surface area contributed by atoms with Gasteiger partial charge >= 0.3 is 0 Å². The molecule has 1 N–H and O–H groups in total. The number of nitrogens with one attached hydrogen (secondary N) is 1. The molecule has 28 heavy (non-hydrogen) atoms. The van der Waals surface area contributed by atoms with E-state index < -0.39 is 11.1 Å². The second-order valence-corrected chi connectivity index (χ2v) is 9.38. The van der Waals surface area contributed by atoms with Gasteiger partial charge in [0.25, 0.3) is 0 Å². The topological polar surface area (TPSA) is 59.8 Å². The van der Waals surface area contributed by atoms with E-state index in [0.29, 0.717) is 11.7 Å². The maximum Gasteiger partial charge on any atom is 0.237 e. The van der Waals surface area contributed by atoms with Gasteiger partial charge in [-0.05, 0) is 49.4 Å². The average molecular weight is 437 g/mol. The highest BCUT2D eigenvalue weighted by atomic mass is 35.5. The number of benzene rings is 1. The quantitative estimate of drug-likeness (QED) is 0.518. The number of thiophene rings is 1. The van der Waals surface area contributed by atoms with Gasteiger partial charge in [0.2, 0.25) is 5.91 Å². The summed E-state index contributed by atoms with van der Waals surface area (Å²) >= 11 is 9.07. The van der Waals surface area contributed by atoms with Gasteiger partial charge in [0.1, 0.15) is 11.6 Å². The predicted octanol–water partition coefficient (Wildman–Crippen LogP) is 5.18. The Morgan fingerprint density at radius 3 is 2.93 bits per heavy atom. The van der Waals surface area contributed by atoms with Crippen LogP contribution < -0.4 is 5.32 Å². The van der Waals surface area contributed by atoms with Crippen molar-refractivity contribution in [1.82, 2.24) is 14.8 Å². The molecule has 0 aliphatic heterocycles. The van der Waals surface area contributed by atoms with Gasteiger partial charge in [-0.1, -0.05) is 29.4 Å². The molecule has 0 radical (unpaired) electrons. The Bertz CT molecular complexity index is 988. The predicted molar refractivity (Wildman–Crippen MR) is 111 cm³/mol. The van der Waals surface area contributed by atoms with Gasteiger partial charge < -0.3 is 9.88 Å². The molecule has 0 spiro atoms. The highest BCUT2D eigenvalue weighted by Gasteiger charge is 2.31. The number of amides is 1. The minimum atomic E-state index is -0.443. The fraction of sp³-hybridized carbons (Fsp3) is 0.316. The molecule has 1 aliphatic rings. The number of carbonyl (C=O) groups excluding carboxylic acids is 1. The zero-order valence-corrected chi connectivity index (χ0v) is 17.5. The Labute approximate surface area is 175 Å². The van der Waals surface area contributed by atoms with E-state index in [-0.39, 0.29) is 10.9 Å². The van der Waals surface area contributed by atoms with Gasteiger partial charge in [0.15, 0.2) is 5.16 Å². The van der Waals surface area contributed by atoms with Crippen LogP contribution in [0.25, 0.3) is 0 Å². The van der Waals surface area contributed by atoms with E-state index in [9.17, 15) is 9.18 Å². The maximum atomic E-state index is 13.2. The van der Waals surface area contributed by atoms with Crippen LogP contribution in [-0.4, -0.2) is 25.9 Å². The van der Waals surface area contributed by atoms with Crippen molar-refractivity contribution in [2.24, 2.45) is 0 Å². The molecule has 2 aromatic heterocycles. The van der Waals surface area contributed by atoms with Crippen molar-refractivity contribution in [3.05, 3.63) is 57.3 Å². The third-order valence-corrected chi connectivity index (χ3v) is 6.65. The lowest BCUT2D eigenvalue weighted by molar-refractivity contribution is -0.115. The number of halogens is 2. The summed E-state index contributed by atoms with van der Waals surface area (Å²) in [6.45, 7) is 1.81. The van der Waals surface area contributed by atoms with Gasteiger partial charge in [-0.3, -0.25) is 4.79 Å². The molecule has 1 fully saturated rings. The van der Waals surface area contributed by atoms with E-state index in [4.69, 9.17) is 11.6 Å². The monoisotopic (exact) mass is 436 g/mol. The van der Waals surface area contributed by atoms with E-state index >= 15 is 0 Å². The number of hydrogen-bond acceptors (Lipinski definition) is 5. The number of aromatic nitrogens is 3. The molecule has 1 saturated carbocycles. The number of anilines is 1. The van der Waals surface area contributed by atoms with E-state index in [2.05, 4.69) is 31.5 Å². The van der Waals surface area contributed by atoms with Crippen molar-refractivity contribution in [3.63, 3.8) is 0 Å². The fourth-order valence-corrected chi connectivity index (χ4v) is 4.67. The van der Waals surface area contributed by atoms with Gasteiger partial charge in [-0.25, -0.2) is 4.39 Å². The van der Waals surface area contributed by atoms with Crippen molar-refractivity contribution in [3.8, 4) is 0 Å². The molecule has 146 valence electrons. The van der Waals surface area contributed by atoms with Crippen LogP contribution in [0, 0.1) is 5.82 Å². The van der Waals surface area contributed by atoms with Crippen LogP contribution in [0.3, 0.4) is 0 Å². The second kappa shape index (κ2) is 8.23. The Balaban J connectivity index is 1.47. The minimum absolute atomic E-state index is 0.171. The molecule has 1 atom stereocenters. The van der Waals surface area contributed by atoms with Gasteiger partial charge in [-0.15, -0.1) is 21.5 Å². The van der Waals surface area contributed by atoms with Crippen LogP contribution in [-0.2, 0) is 11.2 Å². The van der Waals surface area contributed by atoms with Gasteiger partial charge in [0, 0.05) is 17.3 Å². The molecule has 2 heterocycles. The largest absolute Gasteiger partial charge is 0.324 e. The van der Waals surface area contributed by atoms with Gasteiger partial charge in [-0.2, -0.15) is 0 Å². The van der Waals surface area contributed by atoms with Crippen molar-refractivity contribution >= 4 is 46.3 Å². The molecule has 1 amide bonds. The van der Waals surface area contributed by atoms with E-state index in [1.54, 1.807) is 11.3 Å². The first-order valence-electron chi connectivity index (χ1n) is 8.90. The highest BCUT2D eigenvalue weighted by molar-refractivity contribution is 8.00. The first kappa shape index (κ1) is 19.4. The molecule has 1 aliphatic carbocycles. The normalized spacial score (nSPS) is 14.8. The Morgan fingerprint density at radius 1 is 1.43 bits per heavy atom. The summed E-state index contributed by atoms with van der Waals surface area (Å²) in [5.74, 6) is 0.270. The zero-order chi connectivity index (χ0) is 19.7. The number of thioether (sulfide) groups is 1. The second-order valence-electron chi connectivity index (χ2n) is 6.63. The number of carbonyl (C=O) groups is 1. The SMILES string of the molecule is C[C@@H](Sc1nnc(Cc2cccs2)n1C1CC1)C(=O)Nc1ccc(F)cc1Cl. The Hall–Kier alpha value is -1.90. The maximum absolute atomic E-state index is 13.2. The van der Waals surface area contributed by atoms with Crippen LogP contribution in [0.5, 0.6) is 0 Å². The van der Waals surface area contributed by atoms with Crippen molar-refractivity contribution < 1.29 is 9.18 Å². The molecule has 0 unspecified atom stereocenters. The van der Waals surface area contributed by atoms with E-state index in [0.717, 1.165) is 30.2 Å². The highest BCUT2D eigenvalue weighted by Crippen LogP contribution is 2.40. The van der Waals surface area contributed by atoms with E-state index in [1.807, 2.05) is 13.0 Å². The molecule has 5 nitrogen and oxygen atoms in total. The summed E-state index contributed by atoms with van der Waals surface area (Å²) in [5, 5.41) is 14.0. The van der Waals surface area contributed by atoms with Crippen LogP contribution in [0.15, 0.2) is 40.9 Å². The van der Waals surface area contributed by atoms with Crippen LogP contribution in [0.1, 0.15) is 36.5 Å². The standard InChI is InChI=1S/C19H18ClFN4OS2/c1-11(18(26)22-16-7-4-12(21)9-15(16)20)28-19-24-23-17(25(19)13-5-6-13)10-14-3-2-8-27-14/h2-4,7-9,11,13H,5-6,10H2,1H3,(H,22,26)/t11-/m1/s1. The summed E-state index contributed by atoms with van der Waals surface area (Å²) in [4.78, 5) is 13.8. The lowest BCUT2D eigenvalue weighted by Crippen LogP contribution is -2.23. The molecular weight excluding hydrogens is 419 g/mol. The summed E-state index contributed by atoms with van der Waals surface area (Å²) in [7, 11) is 0. The molecular formula is C19H18ClFN4OS2. The number of hydrogen-bond donors (Lipinski definition) is 1. The smallest absolute Gasteiger partial charge is 0.237 e. The summed E-state index contributed by atoms with van der Waals surface area (Å²) in [6, 6.07) is 8.43. The fourth-order valence-electron chi connectivity index (χ4n) is 2.81. The zero-order valence-electron chi connectivity index (χ0n) is 15.1. The lowest BCUT2D eigenvalue weighted by atomic mass is 10.3. The van der Waals surface area contributed by atoms with Crippen molar-refractivity contribution in [2.75, 3.05) is 5.32 Å². The van der Waals surface area contributed by atoms with Gasteiger partial charge in [0.05, 0.1) is 16.0 Å². The third kappa shape index (κ3) is 4.39. The molecule has 0 bridgehead atoms. The molecule has 4 rings (SSSR count). The average Bonchev–Trinajstić information content (AvgIpc) is 3.22. The first-order chi connectivity index (χ1) is 13.5. The molecule has 3 aromatic rings. The Morgan fingerprint density at radius 2 is 2.25 bits per heavy atom.